The molecule has 3 nitrogen and oxygen atoms in total. The third kappa shape index (κ3) is 4.34. The van der Waals surface area contributed by atoms with Gasteiger partial charge < -0.3 is 9.64 Å². The van der Waals surface area contributed by atoms with E-state index in [4.69, 9.17) is 4.74 Å². The van der Waals surface area contributed by atoms with Gasteiger partial charge in [0, 0.05) is 19.0 Å². The molecule has 0 saturated heterocycles. The average Bonchev–Trinajstić information content (AvgIpc) is 3.43. The molecule has 0 heterocycles. The van der Waals surface area contributed by atoms with Crippen molar-refractivity contribution >= 4 is 5.91 Å². The molecule has 1 saturated carbocycles. The van der Waals surface area contributed by atoms with Crippen molar-refractivity contribution in [1.82, 2.24) is 4.90 Å². The summed E-state index contributed by atoms with van der Waals surface area (Å²) in [5.41, 5.74) is 1.96. The number of carbonyl (C=O) groups excluding carboxylic acids is 1. The van der Waals surface area contributed by atoms with E-state index in [1.54, 1.807) is 13.2 Å². The smallest absolute Gasteiger partial charge is 0.223 e. The lowest BCUT2D eigenvalue weighted by molar-refractivity contribution is -0.132. The largest absolute Gasteiger partial charge is 0.497 e. The molecule has 0 atom stereocenters. The summed E-state index contributed by atoms with van der Waals surface area (Å²) in [7, 11) is 1.64. The number of hydrogen-bond acceptors (Lipinski definition) is 2. The molecule has 1 aliphatic rings. The zero-order valence-electron chi connectivity index (χ0n) is 13.9. The molecular formula is C20H22FNO2. The van der Waals surface area contributed by atoms with Crippen molar-refractivity contribution in [3.05, 3.63) is 65.5 Å². The first-order valence-corrected chi connectivity index (χ1v) is 8.32. The average molecular weight is 327 g/mol. The van der Waals surface area contributed by atoms with Gasteiger partial charge in [-0.05, 0) is 54.7 Å². The molecule has 0 radical (unpaired) electrons. The molecule has 0 aromatic heterocycles. The molecule has 1 fully saturated rings. The van der Waals surface area contributed by atoms with Gasteiger partial charge in [0.2, 0.25) is 5.91 Å². The Hall–Kier alpha value is -2.36. The topological polar surface area (TPSA) is 29.5 Å². The molecule has 4 heteroatoms. The van der Waals surface area contributed by atoms with Crippen molar-refractivity contribution in [3.63, 3.8) is 0 Å². The maximum absolute atomic E-state index is 13.4. The second kappa shape index (κ2) is 7.47. The van der Waals surface area contributed by atoms with Crippen LogP contribution < -0.4 is 4.74 Å². The second-order valence-electron chi connectivity index (χ2n) is 6.23. The van der Waals surface area contributed by atoms with Crippen molar-refractivity contribution < 1.29 is 13.9 Å². The van der Waals surface area contributed by atoms with E-state index in [1.807, 2.05) is 35.2 Å². The number of carbonyl (C=O) groups is 1. The first-order valence-electron chi connectivity index (χ1n) is 8.32. The van der Waals surface area contributed by atoms with E-state index in [0.717, 1.165) is 29.7 Å². The summed E-state index contributed by atoms with van der Waals surface area (Å²) in [6, 6.07) is 14.6. The summed E-state index contributed by atoms with van der Waals surface area (Å²) in [6.07, 6.45) is 3.26. The van der Waals surface area contributed by atoms with Gasteiger partial charge in [0.05, 0.1) is 7.11 Å². The third-order valence-corrected chi connectivity index (χ3v) is 4.34. The van der Waals surface area contributed by atoms with Gasteiger partial charge in [-0.25, -0.2) is 4.39 Å². The number of benzene rings is 2. The van der Waals surface area contributed by atoms with Crippen LogP contribution in [0, 0.1) is 5.82 Å². The van der Waals surface area contributed by atoms with Crippen LogP contribution in [0.15, 0.2) is 48.5 Å². The molecular weight excluding hydrogens is 305 g/mol. The van der Waals surface area contributed by atoms with Crippen LogP contribution in [0.1, 0.15) is 30.4 Å². The van der Waals surface area contributed by atoms with E-state index in [2.05, 4.69) is 0 Å². The van der Waals surface area contributed by atoms with E-state index in [1.165, 1.54) is 12.1 Å². The Kier molecular flexibility index (Phi) is 5.14. The molecule has 0 spiro atoms. The van der Waals surface area contributed by atoms with Crippen molar-refractivity contribution in [2.24, 2.45) is 0 Å². The number of aryl methyl sites for hydroxylation is 1. The molecule has 0 aliphatic heterocycles. The van der Waals surface area contributed by atoms with Crippen LogP contribution in [0.2, 0.25) is 0 Å². The third-order valence-electron chi connectivity index (χ3n) is 4.34. The highest BCUT2D eigenvalue weighted by molar-refractivity contribution is 5.77. The highest BCUT2D eigenvalue weighted by atomic mass is 19.1. The minimum Gasteiger partial charge on any atom is -0.497 e. The Balaban J connectivity index is 1.60. The van der Waals surface area contributed by atoms with E-state index < -0.39 is 0 Å². The molecule has 126 valence electrons. The first kappa shape index (κ1) is 16.5. The van der Waals surface area contributed by atoms with Gasteiger partial charge in [-0.1, -0.05) is 24.3 Å². The lowest BCUT2D eigenvalue weighted by atomic mass is 10.1. The number of ether oxygens (including phenoxy) is 1. The molecule has 0 unspecified atom stereocenters. The number of hydrogen-bond donors (Lipinski definition) is 0. The Morgan fingerprint density at radius 3 is 2.54 bits per heavy atom. The molecule has 0 N–H and O–H groups in total. The number of rotatable bonds is 7. The van der Waals surface area contributed by atoms with Crippen LogP contribution in [0.25, 0.3) is 0 Å². The fourth-order valence-corrected chi connectivity index (χ4v) is 2.83. The van der Waals surface area contributed by atoms with Crippen LogP contribution in [-0.4, -0.2) is 24.0 Å². The second-order valence-corrected chi connectivity index (χ2v) is 6.23. The normalized spacial score (nSPS) is 13.6. The lowest BCUT2D eigenvalue weighted by Gasteiger charge is -2.22. The van der Waals surface area contributed by atoms with Crippen LogP contribution in [0.5, 0.6) is 5.75 Å². The summed E-state index contributed by atoms with van der Waals surface area (Å²) in [5.74, 6) is 0.697. The minimum absolute atomic E-state index is 0.137. The van der Waals surface area contributed by atoms with Gasteiger partial charge in [0.25, 0.3) is 0 Å². The quantitative estimate of drug-likeness (QED) is 0.770. The number of nitrogens with zero attached hydrogens (tertiary/aromatic N) is 1. The monoisotopic (exact) mass is 327 g/mol. The summed E-state index contributed by atoms with van der Waals surface area (Å²) in [5, 5.41) is 0. The predicted octanol–water partition coefficient (Wildman–Crippen LogP) is 3.96. The predicted molar refractivity (Wildman–Crippen MR) is 91.3 cm³/mol. The highest BCUT2D eigenvalue weighted by Gasteiger charge is 2.32. The van der Waals surface area contributed by atoms with Crippen molar-refractivity contribution in [2.75, 3.05) is 7.11 Å². The van der Waals surface area contributed by atoms with Crippen LogP contribution in [0.4, 0.5) is 4.39 Å². The SMILES string of the molecule is COc1ccc(CCC(=O)N(Cc2cccc(F)c2)C2CC2)cc1. The zero-order chi connectivity index (χ0) is 16.9. The Morgan fingerprint density at radius 1 is 1.17 bits per heavy atom. The maximum atomic E-state index is 13.4. The van der Waals surface area contributed by atoms with E-state index in [9.17, 15) is 9.18 Å². The molecule has 1 amide bonds. The summed E-state index contributed by atoms with van der Waals surface area (Å²) in [6.45, 7) is 0.490. The first-order chi connectivity index (χ1) is 11.7. The molecule has 2 aromatic carbocycles. The Labute approximate surface area is 142 Å². The molecule has 2 aromatic rings. The number of methoxy groups -OCH3 is 1. The van der Waals surface area contributed by atoms with Crippen molar-refractivity contribution in [3.8, 4) is 5.75 Å². The minimum atomic E-state index is -0.256. The van der Waals surface area contributed by atoms with Gasteiger partial charge in [-0.3, -0.25) is 4.79 Å². The van der Waals surface area contributed by atoms with E-state index in [-0.39, 0.29) is 11.7 Å². The maximum Gasteiger partial charge on any atom is 0.223 e. The van der Waals surface area contributed by atoms with E-state index in [0.29, 0.717) is 25.4 Å². The molecule has 3 rings (SSSR count). The fraction of sp³-hybridized carbons (Fsp3) is 0.350. The summed E-state index contributed by atoms with van der Waals surface area (Å²) < 4.78 is 18.5. The number of halogens is 1. The standard InChI is InChI=1S/C20H22FNO2/c1-24-19-10-5-15(6-11-19)7-12-20(23)22(18-8-9-18)14-16-3-2-4-17(21)13-16/h2-6,10-11,13,18H,7-9,12,14H2,1H3. The summed E-state index contributed by atoms with van der Waals surface area (Å²) in [4.78, 5) is 14.5. The Bertz CT molecular complexity index is 695. The van der Waals surface area contributed by atoms with Gasteiger partial charge in [-0.2, -0.15) is 0 Å². The van der Waals surface area contributed by atoms with Gasteiger partial charge in [0.1, 0.15) is 11.6 Å². The highest BCUT2D eigenvalue weighted by Crippen LogP contribution is 2.29. The van der Waals surface area contributed by atoms with Gasteiger partial charge >= 0.3 is 0 Å². The fourth-order valence-electron chi connectivity index (χ4n) is 2.83. The molecule has 24 heavy (non-hydrogen) atoms. The number of amides is 1. The van der Waals surface area contributed by atoms with Crippen LogP contribution >= 0.6 is 0 Å². The van der Waals surface area contributed by atoms with Crippen LogP contribution in [0.3, 0.4) is 0 Å². The lowest BCUT2D eigenvalue weighted by Crippen LogP contribution is -2.32. The van der Waals surface area contributed by atoms with Gasteiger partial charge in [-0.15, -0.1) is 0 Å². The molecule has 0 bridgehead atoms. The van der Waals surface area contributed by atoms with E-state index >= 15 is 0 Å². The Morgan fingerprint density at radius 2 is 1.92 bits per heavy atom. The van der Waals surface area contributed by atoms with Crippen LogP contribution in [-0.2, 0) is 17.8 Å². The van der Waals surface area contributed by atoms with Gasteiger partial charge in [0.15, 0.2) is 0 Å². The van der Waals surface area contributed by atoms with Crippen molar-refractivity contribution in [2.45, 2.75) is 38.3 Å². The molecule has 1 aliphatic carbocycles. The zero-order valence-corrected chi connectivity index (χ0v) is 13.9. The summed E-state index contributed by atoms with van der Waals surface area (Å²) >= 11 is 0. The van der Waals surface area contributed by atoms with Crippen molar-refractivity contribution in [1.29, 1.82) is 0 Å².